The first-order chi connectivity index (χ1) is 15.2. The molecule has 2 saturated heterocycles. The fraction of sp³-hybridized carbons (Fsp3) is 1.00. The molecule has 13 atom stereocenters. The first-order valence-electron chi connectivity index (χ1n) is 12.4. The molecular formula is C24H37NO7. The zero-order valence-electron chi connectivity index (χ0n) is 19.5. The SMILES string of the molecule is CCN1C[C@@]2(C)CC[C@H](OC)[C@@]34C1C1(OCO[C@@]15C[C@H](OC)[C@H]1C[C@]3(O)C5[C@H]1O)[C@@H](O)C24. The van der Waals surface area contributed by atoms with Gasteiger partial charge in [-0.15, -0.1) is 0 Å². The van der Waals surface area contributed by atoms with Gasteiger partial charge < -0.3 is 34.3 Å². The summed E-state index contributed by atoms with van der Waals surface area (Å²) in [6.07, 6.45) is 0.630. The van der Waals surface area contributed by atoms with Crippen LogP contribution in [0.1, 0.15) is 39.5 Å². The Hall–Kier alpha value is -0.320. The van der Waals surface area contributed by atoms with Crippen molar-refractivity contribution in [2.75, 3.05) is 34.1 Å². The summed E-state index contributed by atoms with van der Waals surface area (Å²) in [7, 11) is 3.40. The number of methoxy groups -OCH3 is 2. The summed E-state index contributed by atoms with van der Waals surface area (Å²) < 4.78 is 25.2. The molecule has 7 bridgehead atoms. The standard InChI is InChI=1S/C24H37NO7/c1-5-25-10-20(2)7-6-14(30-4)23-17(20)18(27)24(19(23)25)22(31-11-32-24)9-13(29-3)12-8-21(23,28)16(22)15(12)26/h12-19,26-28H,5-11H2,1-4H3/t12-,13+,14+,15+,16?,17?,18+,19?,20-,21+,22-,23-,24?/m1/s1. The van der Waals surface area contributed by atoms with Crippen LogP contribution in [0, 0.1) is 28.6 Å². The number of likely N-dealkylation sites (N-methyl/N-ethyl adjacent to an activating group) is 1. The maximum atomic E-state index is 13.0. The average Bonchev–Trinajstić information content (AvgIpc) is 3.29. The second-order valence-electron chi connectivity index (χ2n) is 12.1. The van der Waals surface area contributed by atoms with Gasteiger partial charge in [0.1, 0.15) is 18.0 Å². The molecule has 0 aromatic heterocycles. The van der Waals surface area contributed by atoms with Gasteiger partial charge >= 0.3 is 0 Å². The number of ether oxygens (including phenoxy) is 4. The molecule has 2 aliphatic heterocycles. The second-order valence-corrected chi connectivity index (χ2v) is 12.1. The van der Waals surface area contributed by atoms with E-state index in [1.807, 2.05) is 0 Å². The van der Waals surface area contributed by atoms with Gasteiger partial charge in [-0.3, -0.25) is 4.90 Å². The van der Waals surface area contributed by atoms with E-state index in [2.05, 4.69) is 18.7 Å². The van der Waals surface area contributed by atoms with Gasteiger partial charge in [0, 0.05) is 44.9 Å². The van der Waals surface area contributed by atoms with Crippen molar-refractivity contribution >= 4 is 0 Å². The second kappa shape index (κ2) is 5.90. The fourth-order valence-electron chi connectivity index (χ4n) is 11.2. The van der Waals surface area contributed by atoms with Gasteiger partial charge in [0.25, 0.3) is 0 Å². The zero-order valence-corrected chi connectivity index (χ0v) is 19.5. The third-order valence-electron chi connectivity index (χ3n) is 11.7. The van der Waals surface area contributed by atoms with Crippen molar-refractivity contribution < 1.29 is 34.3 Å². The largest absolute Gasteiger partial charge is 0.392 e. The summed E-state index contributed by atoms with van der Waals surface area (Å²) in [5, 5.41) is 37.0. The third-order valence-corrected chi connectivity index (χ3v) is 11.7. The normalized spacial score (nSPS) is 66.5. The maximum Gasteiger partial charge on any atom is 0.148 e. The Morgan fingerprint density at radius 1 is 1.09 bits per heavy atom. The monoisotopic (exact) mass is 451 g/mol. The number of hydrogen-bond acceptors (Lipinski definition) is 8. The molecule has 8 heteroatoms. The lowest BCUT2D eigenvalue weighted by molar-refractivity contribution is -0.331. The van der Waals surface area contributed by atoms with E-state index < -0.39 is 40.3 Å². The van der Waals surface area contributed by atoms with Crippen LogP contribution in [0.4, 0.5) is 0 Å². The van der Waals surface area contributed by atoms with Crippen molar-refractivity contribution in [2.45, 2.75) is 86.8 Å². The minimum atomic E-state index is -1.25. The van der Waals surface area contributed by atoms with E-state index in [0.717, 1.165) is 25.9 Å². The number of rotatable bonds is 3. The summed E-state index contributed by atoms with van der Waals surface area (Å²) >= 11 is 0. The van der Waals surface area contributed by atoms with E-state index in [1.54, 1.807) is 14.2 Å². The molecular weight excluding hydrogens is 414 g/mol. The molecule has 7 aliphatic rings. The Kier molecular flexibility index (Phi) is 3.87. The Balaban J connectivity index is 1.60. The molecule has 0 amide bonds. The van der Waals surface area contributed by atoms with Crippen LogP contribution in [0.15, 0.2) is 0 Å². The van der Waals surface area contributed by atoms with Crippen molar-refractivity contribution in [1.82, 2.24) is 4.90 Å². The van der Waals surface area contributed by atoms with Crippen LogP contribution < -0.4 is 0 Å². The molecule has 7 rings (SSSR count). The number of hydrogen-bond donors (Lipinski definition) is 3. The average molecular weight is 452 g/mol. The molecule has 2 heterocycles. The van der Waals surface area contributed by atoms with Gasteiger partial charge in [-0.1, -0.05) is 13.8 Å². The van der Waals surface area contributed by atoms with Gasteiger partial charge in [0.15, 0.2) is 0 Å². The highest BCUT2D eigenvalue weighted by Gasteiger charge is 2.96. The topological polar surface area (TPSA) is 101 Å². The van der Waals surface area contributed by atoms with Crippen LogP contribution in [-0.4, -0.2) is 102 Å². The highest BCUT2D eigenvalue weighted by molar-refractivity contribution is 5.46. The highest BCUT2D eigenvalue weighted by atomic mass is 16.7. The highest BCUT2D eigenvalue weighted by Crippen LogP contribution is 2.83. The summed E-state index contributed by atoms with van der Waals surface area (Å²) in [4.78, 5) is 2.43. The first kappa shape index (κ1) is 21.0. The number of fused-ring (bicyclic) bond motifs is 1. The molecule has 32 heavy (non-hydrogen) atoms. The Morgan fingerprint density at radius 3 is 2.56 bits per heavy atom. The predicted octanol–water partition coefficient (Wildman–Crippen LogP) is 0.125. The van der Waals surface area contributed by atoms with E-state index in [1.165, 1.54) is 0 Å². The van der Waals surface area contributed by atoms with Crippen LogP contribution >= 0.6 is 0 Å². The molecule has 3 spiro atoms. The molecule has 0 aromatic carbocycles. The minimum absolute atomic E-state index is 0.0582. The first-order valence-corrected chi connectivity index (χ1v) is 12.4. The van der Waals surface area contributed by atoms with Gasteiger partial charge in [-0.2, -0.15) is 0 Å². The van der Waals surface area contributed by atoms with Gasteiger partial charge in [-0.05, 0) is 31.2 Å². The molecule has 180 valence electrons. The lowest BCUT2D eigenvalue weighted by Gasteiger charge is -2.71. The van der Waals surface area contributed by atoms with E-state index in [-0.39, 0.29) is 42.3 Å². The van der Waals surface area contributed by atoms with Crippen LogP contribution in [0.3, 0.4) is 0 Å². The van der Waals surface area contributed by atoms with Crippen molar-refractivity contribution in [3.05, 3.63) is 0 Å². The van der Waals surface area contributed by atoms with Gasteiger partial charge in [0.2, 0.25) is 0 Å². The molecule has 0 aromatic rings. The van der Waals surface area contributed by atoms with Crippen molar-refractivity contribution in [1.29, 1.82) is 0 Å². The number of likely N-dealkylation sites (tertiary alicyclic amines) is 1. The van der Waals surface area contributed by atoms with Crippen LogP contribution in [0.2, 0.25) is 0 Å². The quantitative estimate of drug-likeness (QED) is 0.557. The van der Waals surface area contributed by atoms with E-state index in [0.29, 0.717) is 12.8 Å². The molecule has 7 fully saturated rings. The summed E-state index contributed by atoms with van der Waals surface area (Å²) in [5.74, 6) is -0.904. The summed E-state index contributed by atoms with van der Waals surface area (Å²) in [6, 6.07) is -0.247. The lowest BCUT2D eigenvalue weighted by atomic mass is 9.41. The van der Waals surface area contributed by atoms with Crippen molar-refractivity contribution in [2.24, 2.45) is 28.6 Å². The van der Waals surface area contributed by atoms with E-state index in [9.17, 15) is 15.3 Å². The van der Waals surface area contributed by atoms with Gasteiger partial charge in [-0.25, -0.2) is 0 Å². The third kappa shape index (κ3) is 1.68. The number of aliphatic hydroxyl groups excluding tert-OH is 2. The predicted molar refractivity (Wildman–Crippen MR) is 112 cm³/mol. The van der Waals surface area contributed by atoms with Gasteiger partial charge in [0.05, 0.1) is 41.5 Å². The molecule has 8 nitrogen and oxygen atoms in total. The molecule has 3 N–H and O–H groups in total. The molecule has 5 saturated carbocycles. The van der Waals surface area contributed by atoms with Crippen molar-refractivity contribution in [3.8, 4) is 0 Å². The summed E-state index contributed by atoms with van der Waals surface area (Å²) in [6.45, 7) is 6.13. The molecule has 4 unspecified atom stereocenters. The number of nitrogens with zero attached hydrogens (tertiary/aromatic N) is 1. The van der Waals surface area contributed by atoms with E-state index >= 15 is 0 Å². The Morgan fingerprint density at radius 2 is 1.88 bits per heavy atom. The van der Waals surface area contributed by atoms with Crippen molar-refractivity contribution in [3.63, 3.8) is 0 Å². The number of aliphatic hydroxyl groups is 3. The lowest BCUT2D eigenvalue weighted by Crippen LogP contribution is -2.85. The number of piperidine rings is 1. The zero-order chi connectivity index (χ0) is 22.5. The van der Waals surface area contributed by atoms with Crippen LogP contribution in [0.5, 0.6) is 0 Å². The fourth-order valence-corrected chi connectivity index (χ4v) is 11.2. The maximum absolute atomic E-state index is 13.0. The summed E-state index contributed by atoms with van der Waals surface area (Å²) in [5.41, 5.74) is -4.21. The smallest absolute Gasteiger partial charge is 0.148 e. The Labute approximate surface area is 189 Å². The minimum Gasteiger partial charge on any atom is -0.392 e. The van der Waals surface area contributed by atoms with Crippen LogP contribution in [-0.2, 0) is 18.9 Å². The molecule has 5 aliphatic carbocycles. The van der Waals surface area contributed by atoms with Crippen LogP contribution in [0.25, 0.3) is 0 Å². The molecule has 0 radical (unpaired) electrons. The Bertz CT molecular complexity index is 858. The van der Waals surface area contributed by atoms with E-state index in [4.69, 9.17) is 18.9 Å².